The Morgan fingerprint density at radius 3 is 3.00 bits per heavy atom. The number of oxime groups is 1. The zero-order valence-corrected chi connectivity index (χ0v) is 14.0. The van der Waals surface area contributed by atoms with Gasteiger partial charge in [0.1, 0.15) is 11.9 Å². The molecule has 1 atom stereocenters. The molecule has 2 aromatic rings. The van der Waals surface area contributed by atoms with Gasteiger partial charge in [-0.2, -0.15) is 0 Å². The van der Waals surface area contributed by atoms with Crippen molar-refractivity contribution in [2.24, 2.45) is 5.16 Å². The molecule has 0 aliphatic carbocycles. The lowest BCUT2D eigenvalue weighted by Gasteiger charge is -2.10. The molecule has 2 aliphatic heterocycles. The highest BCUT2D eigenvalue weighted by Gasteiger charge is 2.23. The summed E-state index contributed by atoms with van der Waals surface area (Å²) in [4.78, 5) is 5.55. The molecule has 25 heavy (non-hydrogen) atoms. The molecule has 0 aromatic heterocycles. The Morgan fingerprint density at radius 1 is 1.16 bits per heavy atom. The lowest BCUT2D eigenvalue weighted by Crippen LogP contribution is -2.26. The Labute approximate surface area is 146 Å². The van der Waals surface area contributed by atoms with Crippen LogP contribution in [-0.4, -0.2) is 32.3 Å². The van der Waals surface area contributed by atoms with Crippen LogP contribution in [-0.2, 0) is 11.4 Å². The summed E-state index contributed by atoms with van der Waals surface area (Å²) in [5, 5.41) is 7.64. The third-order valence-electron chi connectivity index (χ3n) is 4.27. The Hall–Kier alpha value is -2.73. The summed E-state index contributed by atoms with van der Waals surface area (Å²) in [6.07, 6.45) is 0.802. The Balaban J connectivity index is 1.29. The van der Waals surface area contributed by atoms with Gasteiger partial charge >= 0.3 is 0 Å². The first-order valence-electron chi connectivity index (χ1n) is 8.28. The molecule has 0 bridgehead atoms. The van der Waals surface area contributed by atoms with Crippen molar-refractivity contribution in [2.75, 3.05) is 20.4 Å². The molecular formula is C19H20N2O4. The van der Waals surface area contributed by atoms with Crippen LogP contribution in [0, 0.1) is 0 Å². The van der Waals surface area contributed by atoms with Gasteiger partial charge in [0.15, 0.2) is 11.5 Å². The third kappa shape index (κ3) is 3.53. The maximum Gasteiger partial charge on any atom is 0.231 e. The highest BCUT2D eigenvalue weighted by Crippen LogP contribution is 2.33. The molecular weight excluding hydrogens is 320 g/mol. The fraction of sp³-hybridized carbons (Fsp3) is 0.316. The van der Waals surface area contributed by atoms with Crippen LogP contribution in [0.3, 0.4) is 0 Å². The van der Waals surface area contributed by atoms with E-state index in [9.17, 15) is 0 Å². The van der Waals surface area contributed by atoms with Crippen LogP contribution in [0.2, 0.25) is 0 Å². The highest BCUT2D eigenvalue weighted by molar-refractivity contribution is 6.01. The van der Waals surface area contributed by atoms with Crippen LogP contribution < -0.4 is 19.5 Å². The van der Waals surface area contributed by atoms with Gasteiger partial charge in [0.25, 0.3) is 0 Å². The SMILES string of the molecule is COc1cccc(CNCC2CC(c3ccc4c(c3)OCO4)=NO2)c1. The van der Waals surface area contributed by atoms with Gasteiger partial charge in [0.05, 0.1) is 12.8 Å². The van der Waals surface area contributed by atoms with Crippen LogP contribution in [0.15, 0.2) is 47.6 Å². The van der Waals surface area contributed by atoms with Crippen molar-refractivity contribution in [1.82, 2.24) is 5.32 Å². The number of methoxy groups -OCH3 is 1. The van der Waals surface area contributed by atoms with E-state index >= 15 is 0 Å². The van der Waals surface area contributed by atoms with E-state index in [1.54, 1.807) is 7.11 Å². The molecule has 2 aliphatic rings. The second-order valence-corrected chi connectivity index (χ2v) is 6.02. The first-order valence-corrected chi connectivity index (χ1v) is 8.28. The van der Waals surface area contributed by atoms with Crippen molar-refractivity contribution < 1.29 is 19.0 Å². The fourth-order valence-corrected chi connectivity index (χ4v) is 2.94. The number of hydrogen-bond acceptors (Lipinski definition) is 6. The average Bonchev–Trinajstić information content (AvgIpc) is 3.30. The molecule has 6 nitrogen and oxygen atoms in total. The van der Waals surface area contributed by atoms with Crippen LogP contribution in [0.25, 0.3) is 0 Å². The Morgan fingerprint density at radius 2 is 2.08 bits per heavy atom. The predicted molar refractivity (Wildman–Crippen MR) is 93.3 cm³/mol. The van der Waals surface area contributed by atoms with E-state index in [0.717, 1.165) is 48.0 Å². The van der Waals surface area contributed by atoms with Gasteiger partial charge in [0, 0.05) is 25.1 Å². The maximum atomic E-state index is 5.55. The fourth-order valence-electron chi connectivity index (χ4n) is 2.94. The van der Waals surface area contributed by atoms with Crippen LogP contribution in [0.5, 0.6) is 17.2 Å². The molecule has 2 aromatic carbocycles. The van der Waals surface area contributed by atoms with E-state index in [1.165, 1.54) is 5.56 Å². The minimum atomic E-state index is 0.0334. The van der Waals surface area contributed by atoms with Gasteiger partial charge in [-0.05, 0) is 35.9 Å². The minimum absolute atomic E-state index is 0.0334. The van der Waals surface area contributed by atoms with Gasteiger partial charge in [-0.1, -0.05) is 17.3 Å². The van der Waals surface area contributed by atoms with E-state index in [4.69, 9.17) is 19.0 Å². The quantitative estimate of drug-likeness (QED) is 0.876. The Bertz CT molecular complexity index is 791. The number of rotatable bonds is 6. The molecule has 0 spiro atoms. The van der Waals surface area contributed by atoms with Crippen LogP contribution in [0.1, 0.15) is 17.5 Å². The van der Waals surface area contributed by atoms with Gasteiger partial charge in [-0.25, -0.2) is 0 Å². The van der Waals surface area contributed by atoms with Crippen LogP contribution >= 0.6 is 0 Å². The molecule has 130 valence electrons. The molecule has 0 saturated carbocycles. The van der Waals surface area contributed by atoms with E-state index in [-0.39, 0.29) is 12.9 Å². The van der Waals surface area contributed by atoms with E-state index < -0.39 is 0 Å². The standard InChI is InChI=1S/C19H20N2O4/c1-22-15-4-2-3-13(7-15)10-20-11-16-9-17(21-25-16)14-5-6-18-19(8-14)24-12-23-18/h2-8,16,20H,9-12H2,1H3. The number of nitrogens with one attached hydrogen (secondary N) is 1. The summed E-state index contributed by atoms with van der Waals surface area (Å²) in [6, 6.07) is 13.9. The van der Waals surface area contributed by atoms with Crippen molar-refractivity contribution in [3.63, 3.8) is 0 Å². The molecule has 1 unspecified atom stereocenters. The van der Waals surface area contributed by atoms with Gasteiger partial charge in [-0.3, -0.25) is 0 Å². The smallest absolute Gasteiger partial charge is 0.231 e. The second-order valence-electron chi connectivity index (χ2n) is 6.02. The van der Waals surface area contributed by atoms with Crippen molar-refractivity contribution in [3.8, 4) is 17.2 Å². The monoisotopic (exact) mass is 340 g/mol. The highest BCUT2D eigenvalue weighted by atomic mass is 16.7. The number of hydrogen-bond donors (Lipinski definition) is 1. The van der Waals surface area contributed by atoms with E-state index in [1.807, 2.05) is 36.4 Å². The normalized spacial score (nSPS) is 18.0. The zero-order chi connectivity index (χ0) is 17.1. The molecule has 1 N–H and O–H groups in total. The molecule has 0 fully saturated rings. The number of ether oxygens (including phenoxy) is 3. The van der Waals surface area contributed by atoms with Crippen LogP contribution in [0.4, 0.5) is 0 Å². The van der Waals surface area contributed by atoms with Crippen molar-refractivity contribution in [1.29, 1.82) is 0 Å². The van der Waals surface area contributed by atoms with Crippen molar-refractivity contribution in [2.45, 2.75) is 19.1 Å². The van der Waals surface area contributed by atoms with Crippen molar-refractivity contribution in [3.05, 3.63) is 53.6 Å². The minimum Gasteiger partial charge on any atom is -0.497 e. The summed E-state index contributed by atoms with van der Waals surface area (Å²) in [7, 11) is 1.67. The van der Waals surface area contributed by atoms with E-state index in [0.29, 0.717) is 0 Å². The predicted octanol–water partition coefficient (Wildman–Crippen LogP) is 2.71. The Kier molecular flexibility index (Phi) is 4.43. The van der Waals surface area contributed by atoms with Gasteiger partial charge in [-0.15, -0.1) is 0 Å². The van der Waals surface area contributed by atoms with Crippen molar-refractivity contribution >= 4 is 5.71 Å². The number of benzene rings is 2. The third-order valence-corrected chi connectivity index (χ3v) is 4.27. The zero-order valence-electron chi connectivity index (χ0n) is 14.0. The first-order chi connectivity index (χ1) is 12.3. The van der Waals surface area contributed by atoms with Gasteiger partial charge < -0.3 is 24.4 Å². The maximum absolute atomic E-state index is 5.55. The molecule has 0 saturated heterocycles. The summed E-state index contributed by atoms with van der Waals surface area (Å²) in [5.41, 5.74) is 3.13. The molecule has 6 heteroatoms. The average molecular weight is 340 g/mol. The molecule has 2 heterocycles. The second kappa shape index (κ2) is 7.03. The summed E-state index contributed by atoms with van der Waals surface area (Å²) in [6.45, 7) is 1.77. The lowest BCUT2D eigenvalue weighted by molar-refractivity contribution is 0.0848. The summed E-state index contributed by atoms with van der Waals surface area (Å²) >= 11 is 0. The molecule has 0 radical (unpaired) electrons. The molecule has 4 rings (SSSR count). The number of fused-ring (bicyclic) bond motifs is 1. The molecule has 0 amide bonds. The van der Waals surface area contributed by atoms with Gasteiger partial charge in [0.2, 0.25) is 6.79 Å². The summed E-state index contributed by atoms with van der Waals surface area (Å²) < 4.78 is 16.0. The topological polar surface area (TPSA) is 61.3 Å². The summed E-state index contributed by atoms with van der Waals surface area (Å²) in [5.74, 6) is 2.41. The lowest BCUT2D eigenvalue weighted by atomic mass is 10.0. The number of nitrogens with zero attached hydrogens (tertiary/aromatic N) is 1. The van der Waals surface area contributed by atoms with E-state index in [2.05, 4.69) is 16.5 Å². The largest absolute Gasteiger partial charge is 0.497 e. The first kappa shape index (κ1) is 15.8.